The van der Waals surface area contributed by atoms with E-state index in [0.717, 1.165) is 12.0 Å². The molecule has 0 aliphatic heterocycles. The summed E-state index contributed by atoms with van der Waals surface area (Å²) < 4.78 is 5.60. The number of hydrogen-bond donors (Lipinski definition) is 2. The summed E-state index contributed by atoms with van der Waals surface area (Å²) >= 11 is 1.34. The van der Waals surface area contributed by atoms with Gasteiger partial charge >= 0.3 is 5.97 Å². The van der Waals surface area contributed by atoms with Crippen molar-refractivity contribution in [3.63, 3.8) is 0 Å². The van der Waals surface area contributed by atoms with Gasteiger partial charge in [-0.3, -0.25) is 4.79 Å². The lowest BCUT2D eigenvalue weighted by molar-refractivity contribution is -0.190. The molecule has 0 aromatic carbocycles. The van der Waals surface area contributed by atoms with E-state index in [1.807, 2.05) is 39.1 Å². The van der Waals surface area contributed by atoms with Crippen LogP contribution in [0.15, 0.2) is 11.4 Å². The molecule has 1 amide bonds. The summed E-state index contributed by atoms with van der Waals surface area (Å²) in [5, 5.41) is 14.3. The minimum absolute atomic E-state index is 0.164. The molecule has 0 radical (unpaired) electrons. The molecule has 5 nitrogen and oxygen atoms in total. The molecule has 0 bridgehead atoms. The number of nitrogens with one attached hydrogen (secondary N) is 1. The SMILES string of the molecule is CCO[C@@H]1C[C@@](NC(=O)c2sccc2CC)(C(=O)O)C1(C)C. The number of thiophene rings is 1. The van der Waals surface area contributed by atoms with Gasteiger partial charge in [0.2, 0.25) is 0 Å². The summed E-state index contributed by atoms with van der Waals surface area (Å²) in [7, 11) is 0. The Morgan fingerprint density at radius 1 is 1.45 bits per heavy atom. The van der Waals surface area contributed by atoms with Crippen LogP contribution in [0.1, 0.15) is 49.4 Å². The Hall–Kier alpha value is -1.40. The zero-order valence-corrected chi connectivity index (χ0v) is 14.3. The van der Waals surface area contributed by atoms with Crippen molar-refractivity contribution < 1.29 is 19.4 Å². The Labute approximate surface area is 134 Å². The standard InChI is InChI=1S/C16H23NO4S/c1-5-10-7-8-22-12(10)13(18)17-16(14(19)20)9-11(21-6-2)15(16,3)4/h7-8,11H,5-6,9H2,1-4H3,(H,17,18)(H,19,20)/t11-,16-/m1/s1. The molecule has 1 aromatic heterocycles. The number of carbonyl (C=O) groups is 2. The van der Waals surface area contributed by atoms with Crippen LogP contribution in [-0.2, 0) is 16.0 Å². The van der Waals surface area contributed by atoms with Gasteiger partial charge in [-0.2, -0.15) is 0 Å². The van der Waals surface area contributed by atoms with E-state index in [1.54, 1.807) is 0 Å². The quantitative estimate of drug-likeness (QED) is 0.843. The van der Waals surface area contributed by atoms with Crippen LogP contribution >= 0.6 is 11.3 Å². The third kappa shape index (κ3) is 2.44. The molecule has 0 unspecified atom stereocenters. The fourth-order valence-electron chi connectivity index (χ4n) is 3.10. The molecule has 1 aliphatic rings. The topological polar surface area (TPSA) is 75.6 Å². The normalized spacial score (nSPS) is 26.3. The molecule has 1 saturated carbocycles. The van der Waals surface area contributed by atoms with Crippen molar-refractivity contribution in [2.24, 2.45) is 5.41 Å². The number of carboxylic acids is 1. The van der Waals surface area contributed by atoms with Crippen LogP contribution in [-0.4, -0.2) is 35.2 Å². The summed E-state index contributed by atoms with van der Waals surface area (Å²) in [6.07, 6.45) is 0.877. The summed E-state index contributed by atoms with van der Waals surface area (Å²) in [6, 6.07) is 1.90. The van der Waals surface area contributed by atoms with E-state index < -0.39 is 16.9 Å². The van der Waals surface area contributed by atoms with Crippen molar-refractivity contribution in [1.29, 1.82) is 0 Å². The first kappa shape index (κ1) is 17.0. The average molecular weight is 325 g/mol. The van der Waals surface area contributed by atoms with Gasteiger partial charge in [-0.25, -0.2) is 4.79 Å². The van der Waals surface area contributed by atoms with Crippen molar-refractivity contribution >= 4 is 23.2 Å². The Morgan fingerprint density at radius 2 is 2.14 bits per heavy atom. The maximum Gasteiger partial charge on any atom is 0.330 e. The highest BCUT2D eigenvalue weighted by atomic mass is 32.1. The van der Waals surface area contributed by atoms with Crippen LogP contribution in [0, 0.1) is 5.41 Å². The zero-order chi connectivity index (χ0) is 16.5. The molecule has 1 fully saturated rings. The molecular weight excluding hydrogens is 302 g/mol. The van der Waals surface area contributed by atoms with Crippen molar-refractivity contribution in [1.82, 2.24) is 5.32 Å². The highest BCUT2D eigenvalue weighted by molar-refractivity contribution is 7.12. The summed E-state index contributed by atoms with van der Waals surface area (Å²) in [6.45, 7) is 8.06. The lowest BCUT2D eigenvalue weighted by Crippen LogP contribution is -2.76. The molecule has 2 rings (SSSR count). The fourth-order valence-corrected chi connectivity index (χ4v) is 3.99. The molecule has 2 N–H and O–H groups in total. The third-order valence-corrected chi connectivity index (χ3v) is 5.75. The number of amides is 1. The molecule has 6 heteroatoms. The number of carbonyl (C=O) groups excluding carboxylic acids is 1. The molecule has 0 spiro atoms. The van der Waals surface area contributed by atoms with E-state index >= 15 is 0 Å². The van der Waals surface area contributed by atoms with Gasteiger partial charge in [-0.1, -0.05) is 20.8 Å². The molecular formula is C16H23NO4S. The van der Waals surface area contributed by atoms with Crippen LogP contribution in [0.2, 0.25) is 0 Å². The van der Waals surface area contributed by atoms with Gasteiger partial charge in [0.1, 0.15) is 5.54 Å². The number of hydrogen-bond acceptors (Lipinski definition) is 4. The summed E-state index contributed by atoms with van der Waals surface area (Å²) in [5.74, 6) is -1.31. The summed E-state index contributed by atoms with van der Waals surface area (Å²) in [4.78, 5) is 25.0. The van der Waals surface area contributed by atoms with E-state index in [2.05, 4.69) is 5.32 Å². The van der Waals surface area contributed by atoms with Crippen LogP contribution in [0.5, 0.6) is 0 Å². The average Bonchev–Trinajstić information content (AvgIpc) is 2.93. The molecule has 22 heavy (non-hydrogen) atoms. The van der Waals surface area contributed by atoms with Gasteiger partial charge in [0.25, 0.3) is 5.91 Å². The van der Waals surface area contributed by atoms with Crippen LogP contribution in [0.25, 0.3) is 0 Å². The number of rotatable bonds is 6. The van der Waals surface area contributed by atoms with E-state index in [1.165, 1.54) is 11.3 Å². The number of carboxylic acid groups (broad SMARTS) is 1. The van der Waals surface area contributed by atoms with E-state index in [4.69, 9.17) is 4.74 Å². The second-order valence-electron chi connectivity index (χ2n) is 6.16. The Morgan fingerprint density at radius 3 is 2.64 bits per heavy atom. The van der Waals surface area contributed by atoms with Crippen LogP contribution in [0.3, 0.4) is 0 Å². The van der Waals surface area contributed by atoms with Crippen molar-refractivity contribution in [3.05, 3.63) is 21.9 Å². The highest BCUT2D eigenvalue weighted by Gasteiger charge is 2.66. The molecule has 1 aliphatic carbocycles. The fraction of sp³-hybridized carbons (Fsp3) is 0.625. The second kappa shape index (κ2) is 6.01. The van der Waals surface area contributed by atoms with Gasteiger partial charge in [0.05, 0.1) is 11.0 Å². The molecule has 0 saturated heterocycles. The van der Waals surface area contributed by atoms with Gasteiger partial charge in [0.15, 0.2) is 0 Å². The van der Waals surface area contributed by atoms with Crippen molar-refractivity contribution in [2.45, 2.75) is 52.2 Å². The van der Waals surface area contributed by atoms with Gasteiger partial charge in [-0.15, -0.1) is 11.3 Å². The van der Waals surface area contributed by atoms with Gasteiger partial charge in [-0.05, 0) is 30.4 Å². The maximum absolute atomic E-state index is 12.5. The smallest absolute Gasteiger partial charge is 0.330 e. The Balaban J connectivity index is 2.24. The second-order valence-corrected chi connectivity index (χ2v) is 7.08. The first-order chi connectivity index (χ1) is 10.3. The highest BCUT2D eigenvalue weighted by Crippen LogP contribution is 2.51. The molecule has 1 heterocycles. The monoisotopic (exact) mass is 325 g/mol. The van der Waals surface area contributed by atoms with Gasteiger partial charge in [0, 0.05) is 18.4 Å². The first-order valence-corrected chi connectivity index (χ1v) is 8.42. The minimum Gasteiger partial charge on any atom is -0.479 e. The molecule has 2 atom stereocenters. The van der Waals surface area contributed by atoms with E-state index in [9.17, 15) is 14.7 Å². The van der Waals surface area contributed by atoms with E-state index in [0.29, 0.717) is 17.9 Å². The largest absolute Gasteiger partial charge is 0.479 e. The maximum atomic E-state index is 12.5. The van der Waals surface area contributed by atoms with Crippen molar-refractivity contribution in [2.75, 3.05) is 6.61 Å². The molecule has 122 valence electrons. The van der Waals surface area contributed by atoms with Gasteiger partial charge < -0.3 is 15.2 Å². The number of ether oxygens (including phenoxy) is 1. The van der Waals surface area contributed by atoms with E-state index in [-0.39, 0.29) is 12.0 Å². The molecule has 1 aromatic rings. The Kier molecular flexibility index (Phi) is 4.63. The predicted octanol–water partition coefficient (Wildman–Crippen LogP) is 2.70. The minimum atomic E-state index is -1.28. The van der Waals surface area contributed by atoms with Crippen molar-refractivity contribution in [3.8, 4) is 0 Å². The van der Waals surface area contributed by atoms with Crippen LogP contribution in [0.4, 0.5) is 0 Å². The third-order valence-electron chi connectivity index (χ3n) is 4.79. The predicted molar refractivity (Wildman–Crippen MR) is 85.3 cm³/mol. The lowest BCUT2D eigenvalue weighted by Gasteiger charge is -2.58. The van der Waals surface area contributed by atoms with Crippen LogP contribution < -0.4 is 5.32 Å². The first-order valence-electron chi connectivity index (χ1n) is 7.54. The Bertz CT molecular complexity index is 580. The zero-order valence-electron chi connectivity index (χ0n) is 13.4. The summed E-state index contributed by atoms with van der Waals surface area (Å²) in [5.41, 5.74) is -0.992. The lowest BCUT2D eigenvalue weighted by atomic mass is 9.54. The number of aliphatic carboxylic acids is 1. The number of aryl methyl sites for hydroxylation is 1.